The Morgan fingerprint density at radius 2 is 1.74 bits per heavy atom. The van der Waals surface area contributed by atoms with Gasteiger partial charge in [0, 0.05) is 31.6 Å². The van der Waals surface area contributed by atoms with Crippen LogP contribution in [0.4, 0.5) is 0 Å². The van der Waals surface area contributed by atoms with Crippen LogP contribution >= 0.6 is 0 Å². The summed E-state index contributed by atoms with van der Waals surface area (Å²) < 4.78 is 5.57. The summed E-state index contributed by atoms with van der Waals surface area (Å²) in [5, 5.41) is 0. The maximum Gasteiger partial charge on any atom is 0.349 e. The molecule has 0 unspecified atom stereocenters. The summed E-state index contributed by atoms with van der Waals surface area (Å²) >= 11 is 0. The fourth-order valence-electron chi connectivity index (χ4n) is 4.93. The minimum absolute atomic E-state index is 0.00411. The summed E-state index contributed by atoms with van der Waals surface area (Å²) in [4.78, 5) is 32.8. The van der Waals surface area contributed by atoms with Crippen LogP contribution in [0.2, 0.25) is 0 Å². The maximum absolute atomic E-state index is 13.4. The van der Waals surface area contributed by atoms with Crippen molar-refractivity contribution in [3.05, 3.63) is 69.3 Å². The topological polar surface area (TPSA) is 57.0 Å². The second kappa shape index (κ2) is 8.97. The first kappa shape index (κ1) is 21.8. The molecule has 31 heavy (non-hydrogen) atoms. The number of likely N-dealkylation sites (tertiary alicyclic amines) is 1. The molecule has 6 heteroatoms. The van der Waals surface area contributed by atoms with Crippen LogP contribution in [0, 0.1) is 6.92 Å². The molecular weight excluding hydrogens is 390 g/mol. The molecule has 2 aromatic rings. The molecule has 166 valence electrons. The van der Waals surface area contributed by atoms with Crippen molar-refractivity contribution in [2.75, 3.05) is 46.8 Å². The largest absolute Gasteiger partial charge is 0.427 e. The number of piperidine rings is 1. The highest BCUT2D eigenvalue weighted by Gasteiger charge is 2.43. The van der Waals surface area contributed by atoms with Crippen LogP contribution in [0.5, 0.6) is 0 Å². The highest BCUT2D eigenvalue weighted by molar-refractivity contribution is 5.95. The molecule has 0 saturated carbocycles. The van der Waals surface area contributed by atoms with E-state index in [1.807, 2.05) is 36.1 Å². The van der Waals surface area contributed by atoms with Gasteiger partial charge in [0.15, 0.2) is 0 Å². The molecule has 2 saturated heterocycles. The molecule has 6 nitrogen and oxygen atoms in total. The van der Waals surface area contributed by atoms with Gasteiger partial charge in [-0.2, -0.15) is 0 Å². The van der Waals surface area contributed by atoms with Crippen molar-refractivity contribution >= 4 is 5.91 Å². The fraction of sp³-hybridized carbons (Fsp3) is 0.520. The molecule has 0 bridgehead atoms. The van der Waals surface area contributed by atoms with Crippen LogP contribution in [-0.4, -0.2) is 73.0 Å². The molecule has 0 atom stereocenters. The van der Waals surface area contributed by atoms with E-state index in [0.29, 0.717) is 30.8 Å². The number of hydrogen-bond acceptors (Lipinski definition) is 5. The average Bonchev–Trinajstić information content (AvgIpc) is 2.76. The third-order valence-corrected chi connectivity index (χ3v) is 7.12. The van der Waals surface area contributed by atoms with Gasteiger partial charge in [-0.25, -0.2) is 4.79 Å². The number of benzene rings is 1. The van der Waals surface area contributed by atoms with Crippen LogP contribution in [0.1, 0.15) is 40.1 Å². The Bertz CT molecular complexity index is 977. The summed E-state index contributed by atoms with van der Waals surface area (Å²) in [6.45, 7) is 6.05. The first-order valence-corrected chi connectivity index (χ1v) is 11.2. The van der Waals surface area contributed by atoms with Crippen molar-refractivity contribution in [3.63, 3.8) is 0 Å². The van der Waals surface area contributed by atoms with Crippen molar-refractivity contribution in [3.8, 4) is 0 Å². The lowest BCUT2D eigenvalue weighted by atomic mass is 9.83. The van der Waals surface area contributed by atoms with Crippen LogP contribution in [0.25, 0.3) is 0 Å². The maximum atomic E-state index is 13.4. The predicted molar refractivity (Wildman–Crippen MR) is 122 cm³/mol. The summed E-state index contributed by atoms with van der Waals surface area (Å²) in [6, 6.07) is 12.0. The van der Waals surface area contributed by atoms with Crippen LogP contribution in [0.3, 0.4) is 0 Å². The minimum atomic E-state index is -0.510. The van der Waals surface area contributed by atoms with E-state index >= 15 is 0 Å². The predicted octanol–water partition coefficient (Wildman–Crippen LogP) is 2.59. The molecule has 0 aliphatic carbocycles. The van der Waals surface area contributed by atoms with Gasteiger partial charge in [-0.15, -0.1) is 0 Å². The van der Waals surface area contributed by atoms with Crippen molar-refractivity contribution in [2.45, 2.75) is 38.1 Å². The van der Waals surface area contributed by atoms with E-state index in [2.05, 4.69) is 36.0 Å². The number of aryl methyl sites for hydroxylation is 3. The summed E-state index contributed by atoms with van der Waals surface area (Å²) in [7, 11) is 4.31. The van der Waals surface area contributed by atoms with E-state index in [0.717, 1.165) is 38.9 Å². The highest BCUT2D eigenvalue weighted by Crippen LogP contribution is 2.31. The van der Waals surface area contributed by atoms with Gasteiger partial charge in [-0.3, -0.25) is 9.69 Å². The summed E-state index contributed by atoms with van der Waals surface area (Å²) in [6.07, 6.45) is 3.51. The quantitative estimate of drug-likeness (QED) is 0.757. The third kappa shape index (κ3) is 4.60. The van der Waals surface area contributed by atoms with E-state index in [-0.39, 0.29) is 17.0 Å². The lowest BCUT2D eigenvalue weighted by Crippen LogP contribution is -2.65. The van der Waals surface area contributed by atoms with Gasteiger partial charge in [-0.05, 0) is 70.6 Å². The van der Waals surface area contributed by atoms with Gasteiger partial charge in [0.2, 0.25) is 0 Å². The molecule has 0 radical (unpaired) electrons. The number of carbonyl (C=O) groups excluding carboxylic acids is 1. The van der Waals surface area contributed by atoms with Gasteiger partial charge in [0.05, 0.1) is 0 Å². The summed E-state index contributed by atoms with van der Waals surface area (Å²) in [5.74, 6) is 0.445. The standard InChI is InChI=1S/C25H33N3O3/c1-19-17-21(10-9-20-7-5-4-6-8-20)31-24(30)22(19)23(29)28-16-15-27(3)25(18-28)11-13-26(2)14-12-25/h4-8,17H,9-16,18H2,1-3H3. The molecular formula is C25H33N3O3. The van der Waals surface area contributed by atoms with Gasteiger partial charge >= 0.3 is 5.63 Å². The Morgan fingerprint density at radius 1 is 1.03 bits per heavy atom. The van der Waals surface area contributed by atoms with Gasteiger partial charge in [0.1, 0.15) is 11.3 Å². The zero-order chi connectivity index (χ0) is 22.0. The van der Waals surface area contributed by atoms with E-state index in [4.69, 9.17) is 4.42 Å². The first-order valence-electron chi connectivity index (χ1n) is 11.2. The van der Waals surface area contributed by atoms with E-state index in [1.54, 1.807) is 0 Å². The normalized spacial score (nSPS) is 19.6. The molecule has 2 aliphatic rings. The molecule has 1 aromatic heterocycles. The molecule has 1 amide bonds. The molecule has 1 aromatic carbocycles. The molecule has 2 aliphatic heterocycles. The Morgan fingerprint density at radius 3 is 2.42 bits per heavy atom. The number of amides is 1. The number of nitrogens with zero attached hydrogens (tertiary/aromatic N) is 3. The molecule has 2 fully saturated rings. The summed E-state index contributed by atoms with van der Waals surface area (Å²) in [5.41, 5.74) is 1.59. The van der Waals surface area contributed by atoms with E-state index in [9.17, 15) is 9.59 Å². The second-order valence-electron chi connectivity index (χ2n) is 9.22. The van der Waals surface area contributed by atoms with Gasteiger partial charge in [0.25, 0.3) is 5.91 Å². The Kier molecular flexibility index (Phi) is 6.30. The Labute approximate surface area is 184 Å². The minimum Gasteiger partial charge on any atom is -0.427 e. The number of piperazine rings is 1. The molecule has 4 rings (SSSR count). The van der Waals surface area contributed by atoms with Gasteiger partial charge < -0.3 is 14.2 Å². The average molecular weight is 424 g/mol. The van der Waals surface area contributed by atoms with Gasteiger partial charge in [-0.1, -0.05) is 30.3 Å². The van der Waals surface area contributed by atoms with Crippen LogP contribution in [0.15, 0.2) is 45.6 Å². The fourth-order valence-corrected chi connectivity index (χ4v) is 4.93. The van der Waals surface area contributed by atoms with Crippen molar-refractivity contribution in [1.82, 2.24) is 14.7 Å². The number of likely N-dealkylation sites (N-methyl/N-ethyl adjacent to an activating group) is 1. The Balaban J connectivity index is 1.49. The zero-order valence-electron chi connectivity index (χ0n) is 18.9. The first-order chi connectivity index (χ1) is 14.9. The number of carbonyl (C=O) groups is 1. The second-order valence-corrected chi connectivity index (χ2v) is 9.22. The smallest absolute Gasteiger partial charge is 0.349 e. The number of rotatable bonds is 4. The molecule has 3 heterocycles. The SMILES string of the molecule is Cc1cc(CCc2ccccc2)oc(=O)c1C(=O)N1CCN(C)C2(CCN(C)CC2)C1. The third-order valence-electron chi connectivity index (χ3n) is 7.12. The monoisotopic (exact) mass is 423 g/mol. The van der Waals surface area contributed by atoms with Crippen molar-refractivity contribution in [2.24, 2.45) is 0 Å². The van der Waals surface area contributed by atoms with Crippen molar-refractivity contribution in [1.29, 1.82) is 0 Å². The molecule has 1 spiro atoms. The molecule has 0 N–H and O–H groups in total. The Hall–Kier alpha value is -2.44. The van der Waals surface area contributed by atoms with Crippen LogP contribution < -0.4 is 5.63 Å². The number of hydrogen-bond donors (Lipinski definition) is 0. The lowest BCUT2D eigenvalue weighted by Gasteiger charge is -2.52. The van der Waals surface area contributed by atoms with Crippen molar-refractivity contribution < 1.29 is 9.21 Å². The van der Waals surface area contributed by atoms with Crippen LogP contribution in [-0.2, 0) is 12.8 Å². The van der Waals surface area contributed by atoms with E-state index < -0.39 is 5.63 Å². The van der Waals surface area contributed by atoms with E-state index in [1.165, 1.54) is 5.56 Å². The zero-order valence-corrected chi connectivity index (χ0v) is 18.9. The lowest BCUT2D eigenvalue weighted by molar-refractivity contribution is -0.0172. The highest BCUT2D eigenvalue weighted by atomic mass is 16.4.